The maximum absolute atomic E-state index is 5.72. The van der Waals surface area contributed by atoms with E-state index in [2.05, 4.69) is 17.0 Å². The van der Waals surface area contributed by atoms with Gasteiger partial charge in [0.05, 0.1) is 7.11 Å². The third-order valence-corrected chi connectivity index (χ3v) is 4.28. The molecule has 2 N–H and O–H groups in total. The SMILES string of the molecule is COc1ccc(CN2CC3C(CN)C3C2)cc1. The first kappa shape index (κ1) is 11.1. The normalized spacial score (nSPS) is 31.3. The summed E-state index contributed by atoms with van der Waals surface area (Å²) in [7, 11) is 1.70. The van der Waals surface area contributed by atoms with E-state index in [1.165, 1.54) is 18.7 Å². The van der Waals surface area contributed by atoms with Gasteiger partial charge >= 0.3 is 0 Å². The molecule has 0 aromatic heterocycles. The molecule has 3 rings (SSSR count). The van der Waals surface area contributed by atoms with E-state index < -0.39 is 0 Å². The lowest BCUT2D eigenvalue weighted by atomic mass is 10.2. The molecule has 2 atom stereocenters. The Kier molecular flexibility index (Phi) is 2.81. The van der Waals surface area contributed by atoms with Crippen molar-refractivity contribution in [3.63, 3.8) is 0 Å². The minimum atomic E-state index is 0.821. The van der Waals surface area contributed by atoms with Crippen LogP contribution < -0.4 is 10.5 Å². The molecule has 0 amide bonds. The van der Waals surface area contributed by atoms with Crippen LogP contribution in [0.25, 0.3) is 0 Å². The molecule has 1 aliphatic heterocycles. The van der Waals surface area contributed by atoms with Crippen LogP contribution in [0.5, 0.6) is 5.75 Å². The van der Waals surface area contributed by atoms with Gasteiger partial charge in [-0.25, -0.2) is 0 Å². The van der Waals surface area contributed by atoms with E-state index >= 15 is 0 Å². The first-order valence-electron chi connectivity index (χ1n) is 6.37. The van der Waals surface area contributed by atoms with Crippen LogP contribution in [0.2, 0.25) is 0 Å². The summed E-state index contributed by atoms with van der Waals surface area (Å²) in [6.07, 6.45) is 0. The lowest BCUT2D eigenvalue weighted by Crippen LogP contribution is -2.25. The van der Waals surface area contributed by atoms with Gasteiger partial charge in [-0.15, -0.1) is 0 Å². The molecule has 2 aliphatic rings. The quantitative estimate of drug-likeness (QED) is 0.851. The predicted octanol–water partition coefficient (Wildman–Crippen LogP) is 1.33. The van der Waals surface area contributed by atoms with E-state index in [0.29, 0.717) is 0 Å². The molecular formula is C14H20N2O. The summed E-state index contributed by atoms with van der Waals surface area (Å²) in [5.74, 6) is 3.53. The number of rotatable bonds is 4. The minimum absolute atomic E-state index is 0.821. The molecule has 3 nitrogen and oxygen atoms in total. The predicted molar refractivity (Wildman–Crippen MR) is 67.8 cm³/mol. The molecule has 0 radical (unpaired) electrons. The number of piperidine rings is 1. The van der Waals surface area contributed by atoms with E-state index in [4.69, 9.17) is 10.5 Å². The standard InChI is InChI=1S/C14H20N2O/c1-17-11-4-2-10(3-5-11)7-16-8-13-12(6-15)14(13)9-16/h2-5,12-14H,6-9,15H2,1H3. The van der Waals surface area contributed by atoms with Crippen molar-refractivity contribution >= 4 is 0 Å². The Bertz CT molecular complexity index is 378. The van der Waals surface area contributed by atoms with Crippen molar-refractivity contribution < 1.29 is 4.74 Å². The topological polar surface area (TPSA) is 38.5 Å². The van der Waals surface area contributed by atoms with Crippen LogP contribution in [0.15, 0.2) is 24.3 Å². The van der Waals surface area contributed by atoms with Gasteiger partial charge in [-0.1, -0.05) is 12.1 Å². The van der Waals surface area contributed by atoms with Crippen LogP contribution in [0.1, 0.15) is 5.56 Å². The van der Waals surface area contributed by atoms with Crippen molar-refractivity contribution in [1.29, 1.82) is 0 Å². The van der Waals surface area contributed by atoms with E-state index in [0.717, 1.165) is 36.6 Å². The Morgan fingerprint density at radius 2 is 1.88 bits per heavy atom. The van der Waals surface area contributed by atoms with Gasteiger partial charge in [0.25, 0.3) is 0 Å². The molecule has 1 heterocycles. The molecule has 1 aromatic rings. The summed E-state index contributed by atoms with van der Waals surface area (Å²) in [5.41, 5.74) is 7.09. The number of hydrogen-bond donors (Lipinski definition) is 1. The second-order valence-electron chi connectivity index (χ2n) is 5.27. The number of ether oxygens (including phenoxy) is 1. The highest BCUT2D eigenvalue weighted by Crippen LogP contribution is 2.51. The second kappa shape index (κ2) is 4.31. The van der Waals surface area contributed by atoms with Gasteiger partial charge in [0, 0.05) is 19.6 Å². The molecule has 2 unspecified atom stereocenters. The Labute approximate surface area is 103 Å². The number of benzene rings is 1. The van der Waals surface area contributed by atoms with Gasteiger partial charge in [-0.3, -0.25) is 4.90 Å². The van der Waals surface area contributed by atoms with Crippen molar-refractivity contribution in [1.82, 2.24) is 4.90 Å². The van der Waals surface area contributed by atoms with Crippen LogP contribution in [0, 0.1) is 17.8 Å². The third kappa shape index (κ3) is 2.05. The smallest absolute Gasteiger partial charge is 0.118 e. The van der Waals surface area contributed by atoms with Crippen molar-refractivity contribution in [2.75, 3.05) is 26.7 Å². The zero-order valence-electron chi connectivity index (χ0n) is 10.3. The number of hydrogen-bond acceptors (Lipinski definition) is 3. The maximum Gasteiger partial charge on any atom is 0.118 e. The van der Waals surface area contributed by atoms with Crippen LogP contribution in [0.3, 0.4) is 0 Å². The number of likely N-dealkylation sites (tertiary alicyclic amines) is 1. The molecule has 1 aromatic carbocycles. The number of nitrogens with two attached hydrogens (primary N) is 1. The van der Waals surface area contributed by atoms with Crippen LogP contribution in [-0.2, 0) is 6.54 Å². The number of nitrogens with zero attached hydrogens (tertiary/aromatic N) is 1. The summed E-state index contributed by atoms with van der Waals surface area (Å²) in [4.78, 5) is 2.54. The average Bonchev–Trinajstić information content (AvgIpc) is 2.85. The van der Waals surface area contributed by atoms with Gasteiger partial charge in [0.2, 0.25) is 0 Å². The van der Waals surface area contributed by atoms with E-state index in [9.17, 15) is 0 Å². The fourth-order valence-corrected chi connectivity index (χ4v) is 3.20. The molecule has 0 spiro atoms. The van der Waals surface area contributed by atoms with Crippen molar-refractivity contribution in [2.24, 2.45) is 23.5 Å². The van der Waals surface area contributed by atoms with Gasteiger partial charge in [0.1, 0.15) is 5.75 Å². The molecule has 3 heteroatoms. The molecule has 0 bridgehead atoms. The summed E-state index contributed by atoms with van der Waals surface area (Å²) < 4.78 is 5.16. The Morgan fingerprint density at radius 1 is 1.24 bits per heavy atom. The summed E-state index contributed by atoms with van der Waals surface area (Å²) in [6, 6.07) is 8.38. The number of methoxy groups -OCH3 is 1. The fraction of sp³-hybridized carbons (Fsp3) is 0.571. The highest BCUT2D eigenvalue weighted by molar-refractivity contribution is 5.27. The zero-order chi connectivity index (χ0) is 11.8. The van der Waals surface area contributed by atoms with Crippen LogP contribution >= 0.6 is 0 Å². The lowest BCUT2D eigenvalue weighted by Gasteiger charge is -2.19. The second-order valence-corrected chi connectivity index (χ2v) is 5.27. The van der Waals surface area contributed by atoms with Crippen LogP contribution in [-0.4, -0.2) is 31.6 Å². The van der Waals surface area contributed by atoms with Crippen molar-refractivity contribution in [3.8, 4) is 5.75 Å². The summed E-state index contributed by atoms with van der Waals surface area (Å²) in [5, 5.41) is 0. The maximum atomic E-state index is 5.72. The Balaban J connectivity index is 1.55. The average molecular weight is 232 g/mol. The highest BCUT2D eigenvalue weighted by Gasteiger charge is 2.54. The molecule has 1 saturated heterocycles. The monoisotopic (exact) mass is 232 g/mol. The van der Waals surface area contributed by atoms with Crippen molar-refractivity contribution in [2.45, 2.75) is 6.54 Å². The van der Waals surface area contributed by atoms with Gasteiger partial charge in [0.15, 0.2) is 0 Å². The van der Waals surface area contributed by atoms with E-state index in [1.807, 2.05) is 12.1 Å². The largest absolute Gasteiger partial charge is 0.497 e. The third-order valence-electron chi connectivity index (χ3n) is 4.28. The zero-order valence-corrected chi connectivity index (χ0v) is 10.3. The summed E-state index contributed by atoms with van der Waals surface area (Å²) >= 11 is 0. The highest BCUT2D eigenvalue weighted by atomic mass is 16.5. The fourth-order valence-electron chi connectivity index (χ4n) is 3.20. The van der Waals surface area contributed by atoms with E-state index in [-0.39, 0.29) is 0 Å². The molecule has 17 heavy (non-hydrogen) atoms. The number of fused-ring (bicyclic) bond motifs is 1. The van der Waals surface area contributed by atoms with Gasteiger partial charge < -0.3 is 10.5 Å². The Morgan fingerprint density at radius 3 is 2.41 bits per heavy atom. The molecule has 2 fully saturated rings. The molecule has 1 saturated carbocycles. The lowest BCUT2D eigenvalue weighted by molar-refractivity contribution is 0.278. The molecular weight excluding hydrogens is 212 g/mol. The summed E-state index contributed by atoms with van der Waals surface area (Å²) in [6.45, 7) is 4.41. The first-order valence-corrected chi connectivity index (χ1v) is 6.37. The molecule has 1 aliphatic carbocycles. The molecule has 92 valence electrons. The van der Waals surface area contributed by atoms with Crippen molar-refractivity contribution in [3.05, 3.63) is 29.8 Å². The first-order chi connectivity index (χ1) is 8.31. The van der Waals surface area contributed by atoms with Crippen LogP contribution in [0.4, 0.5) is 0 Å². The van der Waals surface area contributed by atoms with E-state index in [1.54, 1.807) is 7.11 Å². The Hall–Kier alpha value is -1.06. The van der Waals surface area contributed by atoms with Gasteiger partial charge in [-0.2, -0.15) is 0 Å². The minimum Gasteiger partial charge on any atom is -0.497 e. The van der Waals surface area contributed by atoms with Gasteiger partial charge in [-0.05, 0) is 42.0 Å².